The van der Waals surface area contributed by atoms with Crippen LogP contribution in [0.1, 0.15) is 39.3 Å². The van der Waals surface area contributed by atoms with Crippen LogP contribution < -0.4 is 10.2 Å². The summed E-state index contributed by atoms with van der Waals surface area (Å²) in [4.78, 5) is 28.9. The fraction of sp³-hybridized carbons (Fsp3) is 0.611. The molecule has 2 saturated heterocycles. The van der Waals surface area contributed by atoms with Crippen molar-refractivity contribution in [1.29, 1.82) is 0 Å². The lowest BCUT2D eigenvalue weighted by Gasteiger charge is -2.43. The Kier molecular flexibility index (Phi) is 4.24. The van der Waals surface area contributed by atoms with Gasteiger partial charge < -0.3 is 9.80 Å². The highest BCUT2D eigenvalue weighted by molar-refractivity contribution is 6.07. The molecule has 2 aliphatic rings. The maximum Gasteiger partial charge on any atom is 0.325 e. The average Bonchev–Trinajstić information content (AvgIpc) is 3.20. The number of carbonyl (C=O) groups excluding carboxylic acids is 2. The molecular weight excluding hydrogens is 346 g/mol. The number of fused-ring (bicyclic) bond motifs is 1. The van der Waals surface area contributed by atoms with E-state index in [-0.39, 0.29) is 11.9 Å². The molecular formula is C18H25N7O2. The minimum Gasteiger partial charge on any atom is -0.368 e. The zero-order valence-electron chi connectivity index (χ0n) is 16.0. The van der Waals surface area contributed by atoms with Crippen molar-refractivity contribution in [3.05, 3.63) is 18.1 Å². The van der Waals surface area contributed by atoms with Gasteiger partial charge in [-0.2, -0.15) is 9.61 Å². The Morgan fingerprint density at radius 1 is 1.26 bits per heavy atom. The molecule has 0 unspecified atom stereocenters. The van der Waals surface area contributed by atoms with Crippen LogP contribution in [0, 0.1) is 5.92 Å². The number of anilines is 1. The summed E-state index contributed by atoms with van der Waals surface area (Å²) in [5, 5.41) is 15.2. The molecule has 1 N–H and O–H groups in total. The summed E-state index contributed by atoms with van der Waals surface area (Å²) >= 11 is 0. The first-order chi connectivity index (χ1) is 12.9. The number of urea groups is 1. The Bertz CT molecular complexity index is 883. The number of nitrogens with zero attached hydrogens (tertiary/aromatic N) is 6. The van der Waals surface area contributed by atoms with E-state index in [2.05, 4.69) is 46.3 Å². The van der Waals surface area contributed by atoms with E-state index in [4.69, 9.17) is 0 Å². The molecule has 144 valence electrons. The van der Waals surface area contributed by atoms with Gasteiger partial charge >= 0.3 is 6.03 Å². The molecule has 4 heterocycles. The van der Waals surface area contributed by atoms with Crippen molar-refractivity contribution in [2.24, 2.45) is 5.92 Å². The lowest BCUT2D eigenvalue weighted by molar-refractivity contribution is -0.127. The zero-order valence-corrected chi connectivity index (χ0v) is 16.0. The fourth-order valence-corrected chi connectivity index (χ4v) is 4.10. The molecule has 2 aromatic heterocycles. The van der Waals surface area contributed by atoms with Crippen molar-refractivity contribution < 1.29 is 9.59 Å². The molecule has 2 fully saturated rings. The van der Waals surface area contributed by atoms with Crippen LogP contribution in [0.3, 0.4) is 0 Å². The predicted octanol–water partition coefficient (Wildman–Crippen LogP) is 1.23. The van der Waals surface area contributed by atoms with Crippen LogP contribution in [0.25, 0.3) is 5.65 Å². The summed E-state index contributed by atoms with van der Waals surface area (Å²) in [7, 11) is 0. The summed E-state index contributed by atoms with van der Waals surface area (Å²) in [5.41, 5.74) is 1.93. The third-order valence-electron chi connectivity index (χ3n) is 5.55. The van der Waals surface area contributed by atoms with Crippen molar-refractivity contribution in [2.45, 2.75) is 45.6 Å². The van der Waals surface area contributed by atoms with Gasteiger partial charge in [0.2, 0.25) is 5.65 Å². The third kappa shape index (κ3) is 2.81. The van der Waals surface area contributed by atoms with Gasteiger partial charge in [0.15, 0.2) is 0 Å². The summed E-state index contributed by atoms with van der Waals surface area (Å²) in [6.07, 6.45) is 3.62. The minimum atomic E-state index is -0.734. The summed E-state index contributed by atoms with van der Waals surface area (Å²) in [6, 6.07) is 1.78. The third-order valence-corrected chi connectivity index (χ3v) is 5.55. The lowest BCUT2D eigenvalue weighted by atomic mass is 9.85. The highest BCUT2D eigenvalue weighted by atomic mass is 16.2. The first-order valence-electron chi connectivity index (χ1n) is 9.52. The van der Waals surface area contributed by atoms with Crippen LogP contribution in [0.2, 0.25) is 0 Å². The molecule has 9 nitrogen and oxygen atoms in total. The van der Waals surface area contributed by atoms with Crippen molar-refractivity contribution >= 4 is 23.3 Å². The largest absolute Gasteiger partial charge is 0.368 e. The van der Waals surface area contributed by atoms with Crippen LogP contribution >= 0.6 is 0 Å². The minimum absolute atomic E-state index is 0.163. The molecule has 27 heavy (non-hydrogen) atoms. The van der Waals surface area contributed by atoms with E-state index in [0.29, 0.717) is 44.0 Å². The molecule has 0 aliphatic carbocycles. The first-order valence-corrected chi connectivity index (χ1v) is 9.52. The van der Waals surface area contributed by atoms with Crippen molar-refractivity contribution in [3.63, 3.8) is 0 Å². The molecule has 4 rings (SSSR count). The summed E-state index contributed by atoms with van der Waals surface area (Å²) < 4.78 is 1.70. The number of carbonyl (C=O) groups is 2. The SMILES string of the molecule is CCc1cc(N2CCC3(CC2)C(=O)NC(=O)N3CC(C)C)c2nncn2n1. The second-order valence-corrected chi connectivity index (χ2v) is 7.76. The maximum atomic E-state index is 12.6. The van der Waals surface area contributed by atoms with Crippen LogP contribution in [0.5, 0.6) is 0 Å². The highest BCUT2D eigenvalue weighted by Gasteiger charge is 2.54. The van der Waals surface area contributed by atoms with E-state index in [9.17, 15) is 9.59 Å². The molecule has 0 radical (unpaired) electrons. The maximum absolute atomic E-state index is 12.6. The number of rotatable bonds is 4. The van der Waals surface area contributed by atoms with Gasteiger partial charge in [-0.05, 0) is 31.2 Å². The highest BCUT2D eigenvalue weighted by Crippen LogP contribution is 2.36. The van der Waals surface area contributed by atoms with Gasteiger partial charge in [0, 0.05) is 19.6 Å². The number of amides is 3. The summed E-state index contributed by atoms with van der Waals surface area (Å²) in [5.74, 6) is 0.142. The summed E-state index contributed by atoms with van der Waals surface area (Å²) in [6.45, 7) is 8.11. The Hall–Kier alpha value is -2.71. The molecule has 9 heteroatoms. The van der Waals surface area contributed by atoms with Gasteiger partial charge in [-0.15, -0.1) is 10.2 Å². The monoisotopic (exact) mass is 371 g/mol. The number of imide groups is 1. The molecule has 3 amide bonds. The number of nitrogens with one attached hydrogen (secondary N) is 1. The van der Waals surface area contributed by atoms with Gasteiger partial charge in [-0.3, -0.25) is 10.1 Å². The number of hydrogen-bond acceptors (Lipinski definition) is 6. The van der Waals surface area contributed by atoms with Crippen LogP contribution in [0.4, 0.5) is 10.5 Å². The van der Waals surface area contributed by atoms with Gasteiger partial charge in [0.25, 0.3) is 5.91 Å². The Balaban J connectivity index is 1.61. The molecule has 0 atom stereocenters. The van der Waals surface area contributed by atoms with E-state index in [0.717, 1.165) is 17.8 Å². The smallest absolute Gasteiger partial charge is 0.325 e. The number of aromatic nitrogens is 4. The van der Waals surface area contributed by atoms with Gasteiger partial charge in [0.05, 0.1) is 11.4 Å². The lowest BCUT2D eigenvalue weighted by Crippen LogP contribution is -2.57. The van der Waals surface area contributed by atoms with Crippen LogP contribution in [0.15, 0.2) is 12.4 Å². The number of hydrogen-bond donors (Lipinski definition) is 1. The van der Waals surface area contributed by atoms with E-state index in [1.807, 2.05) is 6.07 Å². The van der Waals surface area contributed by atoms with E-state index in [1.165, 1.54) is 0 Å². The normalized spacial score (nSPS) is 19.6. The average molecular weight is 371 g/mol. The Morgan fingerprint density at radius 3 is 2.67 bits per heavy atom. The van der Waals surface area contributed by atoms with E-state index in [1.54, 1.807) is 15.7 Å². The Labute approximate surface area is 157 Å². The molecule has 0 bridgehead atoms. The van der Waals surface area contributed by atoms with E-state index < -0.39 is 5.54 Å². The second kappa shape index (κ2) is 6.47. The molecule has 0 saturated carbocycles. The fourth-order valence-electron chi connectivity index (χ4n) is 4.10. The van der Waals surface area contributed by atoms with Gasteiger partial charge in [-0.25, -0.2) is 4.79 Å². The topological polar surface area (TPSA) is 95.7 Å². The predicted molar refractivity (Wildman–Crippen MR) is 99.4 cm³/mol. The van der Waals surface area contributed by atoms with Crippen molar-refractivity contribution in [3.8, 4) is 0 Å². The molecule has 1 spiro atoms. The van der Waals surface area contributed by atoms with E-state index >= 15 is 0 Å². The second-order valence-electron chi connectivity index (χ2n) is 7.76. The Morgan fingerprint density at radius 2 is 2.00 bits per heavy atom. The standard InChI is InChI=1S/C18H25N7O2/c1-4-13-9-14(15-21-19-11-25(15)22-13)23-7-5-18(6-8-23)16(26)20-17(27)24(18)10-12(2)3/h9,11-12H,4-8,10H2,1-3H3,(H,20,26,27). The van der Waals surface area contributed by atoms with Crippen molar-refractivity contribution in [2.75, 3.05) is 24.5 Å². The van der Waals surface area contributed by atoms with Gasteiger partial charge in [0.1, 0.15) is 11.9 Å². The van der Waals surface area contributed by atoms with Crippen LogP contribution in [-0.2, 0) is 11.2 Å². The molecule has 2 aliphatic heterocycles. The first kappa shape index (κ1) is 17.7. The number of piperidine rings is 1. The van der Waals surface area contributed by atoms with Crippen molar-refractivity contribution in [1.82, 2.24) is 30.0 Å². The van der Waals surface area contributed by atoms with Crippen LogP contribution in [-0.4, -0.2) is 61.8 Å². The van der Waals surface area contributed by atoms with Gasteiger partial charge in [-0.1, -0.05) is 20.8 Å². The molecule has 2 aromatic rings. The zero-order chi connectivity index (χ0) is 19.2. The molecule has 0 aromatic carbocycles. The quantitative estimate of drug-likeness (QED) is 0.812. The number of aryl methyl sites for hydroxylation is 1.